The third-order valence-electron chi connectivity index (χ3n) is 3.66. The molecule has 1 atom stereocenters. The van der Waals surface area contributed by atoms with Crippen LogP contribution >= 0.6 is 0 Å². The van der Waals surface area contributed by atoms with Crippen LogP contribution in [0.5, 0.6) is 0 Å². The molecule has 1 aliphatic rings. The van der Waals surface area contributed by atoms with E-state index >= 15 is 0 Å². The SMILES string of the molecule is CCCNc1nc(NCC2CCCO2)nc2ccccc12. The van der Waals surface area contributed by atoms with Crippen LogP contribution in [-0.2, 0) is 4.74 Å². The summed E-state index contributed by atoms with van der Waals surface area (Å²) < 4.78 is 5.62. The Hall–Kier alpha value is -1.88. The number of benzene rings is 1. The molecule has 0 bridgehead atoms. The lowest BCUT2D eigenvalue weighted by Gasteiger charge is -2.13. The first-order chi connectivity index (χ1) is 10.4. The van der Waals surface area contributed by atoms with E-state index in [0.717, 1.165) is 55.7 Å². The quantitative estimate of drug-likeness (QED) is 0.854. The Morgan fingerprint density at radius 1 is 1.24 bits per heavy atom. The molecular weight excluding hydrogens is 264 g/mol. The summed E-state index contributed by atoms with van der Waals surface area (Å²) in [6.45, 7) is 4.69. The fourth-order valence-electron chi connectivity index (χ4n) is 2.54. The van der Waals surface area contributed by atoms with Crippen LogP contribution in [0.25, 0.3) is 10.9 Å². The van der Waals surface area contributed by atoms with Gasteiger partial charge in [0.25, 0.3) is 0 Å². The summed E-state index contributed by atoms with van der Waals surface area (Å²) in [4.78, 5) is 9.20. The number of nitrogens with zero attached hydrogens (tertiary/aromatic N) is 2. The summed E-state index contributed by atoms with van der Waals surface area (Å²) in [6, 6.07) is 8.09. The monoisotopic (exact) mass is 286 g/mol. The fraction of sp³-hybridized carbons (Fsp3) is 0.500. The van der Waals surface area contributed by atoms with E-state index in [0.29, 0.717) is 5.95 Å². The van der Waals surface area contributed by atoms with Crippen LogP contribution in [0.2, 0.25) is 0 Å². The average molecular weight is 286 g/mol. The molecule has 0 saturated carbocycles. The maximum absolute atomic E-state index is 5.62. The number of rotatable bonds is 6. The molecule has 1 aromatic heterocycles. The summed E-state index contributed by atoms with van der Waals surface area (Å²) in [5, 5.41) is 7.76. The minimum absolute atomic E-state index is 0.284. The predicted octanol–water partition coefficient (Wildman–Crippen LogP) is 3.04. The van der Waals surface area contributed by atoms with Crippen molar-refractivity contribution in [1.29, 1.82) is 0 Å². The first-order valence-electron chi connectivity index (χ1n) is 7.73. The number of nitrogens with one attached hydrogen (secondary N) is 2. The smallest absolute Gasteiger partial charge is 0.225 e. The minimum atomic E-state index is 0.284. The van der Waals surface area contributed by atoms with E-state index in [1.807, 2.05) is 18.2 Å². The molecule has 21 heavy (non-hydrogen) atoms. The van der Waals surface area contributed by atoms with Crippen molar-refractivity contribution in [2.75, 3.05) is 30.3 Å². The number of ether oxygens (including phenoxy) is 1. The van der Waals surface area contributed by atoms with Crippen molar-refractivity contribution in [3.63, 3.8) is 0 Å². The molecule has 5 heteroatoms. The van der Waals surface area contributed by atoms with Gasteiger partial charge >= 0.3 is 0 Å². The Kier molecular flexibility index (Phi) is 4.50. The van der Waals surface area contributed by atoms with Gasteiger partial charge in [-0.05, 0) is 31.4 Å². The van der Waals surface area contributed by atoms with Gasteiger partial charge in [0.1, 0.15) is 5.82 Å². The number of para-hydroxylation sites is 1. The number of anilines is 2. The second kappa shape index (κ2) is 6.72. The van der Waals surface area contributed by atoms with Crippen LogP contribution < -0.4 is 10.6 Å². The molecule has 0 aliphatic carbocycles. The van der Waals surface area contributed by atoms with Crippen molar-refractivity contribution in [2.24, 2.45) is 0 Å². The molecule has 1 aliphatic heterocycles. The van der Waals surface area contributed by atoms with Crippen LogP contribution in [0.4, 0.5) is 11.8 Å². The summed E-state index contributed by atoms with van der Waals surface area (Å²) in [6.07, 6.45) is 3.61. The Morgan fingerprint density at radius 2 is 2.14 bits per heavy atom. The first-order valence-corrected chi connectivity index (χ1v) is 7.73. The topological polar surface area (TPSA) is 59.1 Å². The molecule has 1 saturated heterocycles. The minimum Gasteiger partial charge on any atom is -0.376 e. The average Bonchev–Trinajstić information content (AvgIpc) is 3.04. The van der Waals surface area contributed by atoms with Crippen molar-refractivity contribution in [3.05, 3.63) is 24.3 Å². The van der Waals surface area contributed by atoms with E-state index in [1.54, 1.807) is 0 Å². The lowest BCUT2D eigenvalue weighted by Crippen LogP contribution is -2.20. The third kappa shape index (κ3) is 3.42. The number of fused-ring (bicyclic) bond motifs is 1. The molecule has 3 rings (SSSR count). The predicted molar refractivity (Wildman–Crippen MR) is 85.8 cm³/mol. The lowest BCUT2D eigenvalue weighted by molar-refractivity contribution is 0.120. The zero-order valence-corrected chi connectivity index (χ0v) is 12.4. The van der Waals surface area contributed by atoms with Gasteiger partial charge in [-0.3, -0.25) is 0 Å². The van der Waals surface area contributed by atoms with Crippen LogP contribution in [-0.4, -0.2) is 35.8 Å². The van der Waals surface area contributed by atoms with E-state index in [-0.39, 0.29) is 6.10 Å². The largest absolute Gasteiger partial charge is 0.376 e. The summed E-state index contributed by atoms with van der Waals surface area (Å²) in [5.74, 6) is 1.57. The van der Waals surface area contributed by atoms with Crippen molar-refractivity contribution in [2.45, 2.75) is 32.3 Å². The number of aromatic nitrogens is 2. The van der Waals surface area contributed by atoms with Crippen LogP contribution in [0.15, 0.2) is 24.3 Å². The molecule has 0 spiro atoms. The molecule has 2 aromatic rings. The molecular formula is C16H22N4O. The first kappa shape index (κ1) is 14.1. The van der Waals surface area contributed by atoms with Crippen molar-refractivity contribution >= 4 is 22.7 Å². The van der Waals surface area contributed by atoms with Crippen molar-refractivity contribution in [1.82, 2.24) is 9.97 Å². The van der Waals surface area contributed by atoms with E-state index in [4.69, 9.17) is 4.74 Å². The van der Waals surface area contributed by atoms with Gasteiger partial charge in [-0.1, -0.05) is 19.1 Å². The van der Waals surface area contributed by atoms with E-state index in [2.05, 4.69) is 33.6 Å². The van der Waals surface area contributed by atoms with Gasteiger partial charge in [-0.25, -0.2) is 4.98 Å². The zero-order valence-electron chi connectivity index (χ0n) is 12.4. The Morgan fingerprint density at radius 3 is 2.95 bits per heavy atom. The molecule has 2 heterocycles. The van der Waals surface area contributed by atoms with Gasteiger partial charge in [0.2, 0.25) is 5.95 Å². The highest BCUT2D eigenvalue weighted by Crippen LogP contribution is 2.22. The number of hydrogen-bond acceptors (Lipinski definition) is 5. The Labute approximate surface area is 125 Å². The highest BCUT2D eigenvalue weighted by Gasteiger charge is 2.16. The van der Waals surface area contributed by atoms with Gasteiger partial charge < -0.3 is 15.4 Å². The lowest BCUT2D eigenvalue weighted by atomic mass is 10.2. The van der Waals surface area contributed by atoms with E-state index < -0.39 is 0 Å². The molecule has 112 valence electrons. The van der Waals surface area contributed by atoms with Gasteiger partial charge in [0, 0.05) is 25.1 Å². The zero-order chi connectivity index (χ0) is 14.5. The molecule has 0 radical (unpaired) electrons. The highest BCUT2D eigenvalue weighted by molar-refractivity contribution is 5.89. The molecule has 1 aromatic carbocycles. The van der Waals surface area contributed by atoms with Gasteiger partial charge in [-0.2, -0.15) is 4.98 Å². The summed E-state index contributed by atoms with van der Waals surface area (Å²) >= 11 is 0. The van der Waals surface area contributed by atoms with E-state index in [9.17, 15) is 0 Å². The molecule has 1 unspecified atom stereocenters. The van der Waals surface area contributed by atoms with Crippen molar-refractivity contribution < 1.29 is 4.74 Å². The van der Waals surface area contributed by atoms with Crippen molar-refractivity contribution in [3.8, 4) is 0 Å². The maximum Gasteiger partial charge on any atom is 0.225 e. The molecule has 1 fully saturated rings. The Bertz CT molecular complexity index is 596. The Balaban J connectivity index is 1.80. The molecule has 0 amide bonds. The molecule has 2 N–H and O–H groups in total. The van der Waals surface area contributed by atoms with E-state index in [1.165, 1.54) is 0 Å². The summed E-state index contributed by atoms with van der Waals surface area (Å²) in [5.41, 5.74) is 0.959. The second-order valence-corrected chi connectivity index (χ2v) is 5.36. The van der Waals surface area contributed by atoms with Gasteiger partial charge in [0.15, 0.2) is 0 Å². The summed E-state index contributed by atoms with van der Waals surface area (Å²) in [7, 11) is 0. The standard InChI is InChI=1S/C16H22N4O/c1-2-9-17-15-13-7-3-4-8-14(13)19-16(20-15)18-11-12-6-5-10-21-12/h3-4,7-8,12H,2,5-6,9-11H2,1H3,(H2,17,18,19,20). The maximum atomic E-state index is 5.62. The highest BCUT2D eigenvalue weighted by atomic mass is 16.5. The van der Waals surface area contributed by atoms with Crippen LogP contribution in [0, 0.1) is 0 Å². The second-order valence-electron chi connectivity index (χ2n) is 5.36. The van der Waals surface area contributed by atoms with Crippen LogP contribution in [0.3, 0.4) is 0 Å². The number of hydrogen-bond donors (Lipinski definition) is 2. The third-order valence-corrected chi connectivity index (χ3v) is 3.66. The normalized spacial score (nSPS) is 18.0. The van der Waals surface area contributed by atoms with Gasteiger partial charge in [0.05, 0.1) is 11.6 Å². The molecule has 5 nitrogen and oxygen atoms in total. The fourth-order valence-corrected chi connectivity index (χ4v) is 2.54. The van der Waals surface area contributed by atoms with Gasteiger partial charge in [-0.15, -0.1) is 0 Å². The van der Waals surface area contributed by atoms with Crippen LogP contribution in [0.1, 0.15) is 26.2 Å².